The molecule has 0 aromatic carbocycles. The molecule has 0 N–H and O–H groups in total. The van der Waals surface area contributed by atoms with Crippen LogP contribution in [0.1, 0.15) is 46.9 Å². The Morgan fingerprint density at radius 2 is 2.04 bits per heavy atom. The smallest absolute Gasteiger partial charge is 0.280 e. The molecule has 7 heteroatoms. The fourth-order valence-corrected chi connectivity index (χ4v) is 2.80. The summed E-state index contributed by atoms with van der Waals surface area (Å²) < 4.78 is 25.3. The highest BCUT2D eigenvalue weighted by atomic mass is 19.3. The van der Waals surface area contributed by atoms with Crippen LogP contribution in [0.25, 0.3) is 0 Å². The number of piperidine rings is 1. The second-order valence-corrected chi connectivity index (χ2v) is 5.48. The maximum Gasteiger partial charge on any atom is 0.280 e. The van der Waals surface area contributed by atoms with Crippen molar-refractivity contribution in [3.05, 3.63) is 53.9 Å². The number of aromatic nitrogens is 3. The highest BCUT2D eigenvalue weighted by Gasteiger charge is 2.26. The van der Waals surface area contributed by atoms with E-state index in [4.69, 9.17) is 0 Å². The number of pyridine rings is 1. The van der Waals surface area contributed by atoms with Gasteiger partial charge in [0, 0.05) is 25.5 Å². The first-order valence-electron chi connectivity index (χ1n) is 7.44. The van der Waals surface area contributed by atoms with Gasteiger partial charge in [-0.2, -0.15) is 0 Å². The topological polar surface area (TPSA) is 59.0 Å². The maximum absolute atomic E-state index is 12.7. The van der Waals surface area contributed by atoms with E-state index in [1.54, 1.807) is 11.1 Å². The zero-order chi connectivity index (χ0) is 16.2. The van der Waals surface area contributed by atoms with Gasteiger partial charge in [0.15, 0.2) is 0 Å². The van der Waals surface area contributed by atoms with Crippen LogP contribution in [0.3, 0.4) is 0 Å². The Balaban J connectivity index is 1.65. The van der Waals surface area contributed by atoms with Gasteiger partial charge in [-0.25, -0.2) is 18.7 Å². The Hall–Kier alpha value is -2.44. The summed E-state index contributed by atoms with van der Waals surface area (Å²) in [4.78, 5) is 25.5. The molecule has 23 heavy (non-hydrogen) atoms. The van der Waals surface area contributed by atoms with E-state index in [0.717, 1.165) is 25.2 Å². The minimum atomic E-state index is -2.71. The van der Waals surface area contributed by atoms with Crippen LogP contribution < -0.4 is 0 Å². The molecule has 0 spiro atoms. The molecule has 3 rings (SSSR count). The van der Waals surface area contributed by atoms with Crippen molar-refractivity contribution in [1.82, 2.24) is 19.9 Å². The van der Waals surface area contributed by atoms with Crippen molar-refractivity contribution >= 4 is 5.91 Å². The summed E-state index contributed by atoms with van der Waals surface area (Å²) in [5.41, 5.74) is 0.769. The van der Waals surface area contributed by atoms with E-state index < -0.39 is 12.1 Å². The van der Waals surface area contributed by atoms with Crippen LogP contribution in [0.4, 0.5) is 8.78 Å². The van der Waals surface area contributed by atoms with Crippen molar-refractivity contribution in [1.29, 1.82) is 0 Å². The van der Waals surface area contributed by atoms with Crippen molar-refractivity contribution in [2.24, 2.45) is 0 Å². The Morgan fingerprint density at radius 1 is 1.26 bits per heavy atom. The van der Waals surface area contributed by atoms with Gasteiger partial charge in [0.1, 0.15) is 17.7 Å². The number of hydrogen-bond donors (Lipinski definition) is 0. The van der Waals surface area contributed by atoms with Crippen molar-refractivity contribution < 1.29 is 13.6 Å². The summed E-state index contributed by atoms with van der Waals surface area (Å²) in [5, 5.41) is 0. The molecule has 0 saturated carbocycles. The quantitative estimate of drug-likeness (QED) is 0.873. The largest absolute Gasteiger partial charge is 0.337 e. The fraction of sp³-hybridized carbons (Fsp3) is 0.375. The molecular formula is C16H16F2N4O. The Kier molecular flexibility index (Phi) is 4.55. The summed E-state index contributed by atoms with van der Waals surface area (Å²) in [6.45, 7) is 1.15. The van der Waals surface area contributed by atoms with Gasteiger partial charge in [-0.05, 0) is 36.5 Å². The lowest BCUT2D eigenvalue weighted by molar-refractivity contribution is 0.0706. The number of nitrogens with zero attached hydrogens (tertiary/aromatic N) is 4. The lowest BCUT2D eigenvalue weighted by Gasteiger charge is -2.31. The van der Waals surface area contributed by atoms with Gasteiger partial charge in [0.25, 0.3) is 12.3 Å². The van der Waals surface area contributed by atoms with Gasteiger partial charge < -0.3 is 4.90 Å². The minimum Gasteiger partial charge on any atom is -0.337 e. The molecule has 1 aliphatic rings. The number of rotatable bonds is 3. The van der Waals surface area contributed by atoms with E-state index in [1.165, 1.54) is 5.56 Å². The molecular weight excluding hydrogens is 302 g/mol. The van der Waals surface area contributed by atoms with Crippen LogP contribution in [0.2, 0.25) is 0 Å². The number of alkyl halides is 2. The number of likely N-dealkylation sites (tertiary alicyclic amines) is 1. The second-order valence-electron chi connectivity index (χ2n) is 5.48. The SMILES string of the molecule is O=C(c1cc(C(F)F)ncn1)N1CCC(c2cccnc2)CC1. The molecule has 0 radical (unpaired) electrons. The van der Waals surface area contributed by atoms with Crippen molar-refractivity contribution in [2.45, 2.75) is 25.2 Å². The lowest BCUT2D eigenvalue weighted by Crippen LogP contribution is -2.38. The number of carbonyl (C=O) groups excluding carboxylic acids is 1. The van der Waals surface area contributed by atoms with Crippen LogP contribution >= 0.6 is 0 Å². The average molecular weight is 318 g/mol. The van der Waals surface area contributed by atoms with Crippen molar-refractivity contribution in [3.63, 3.8) is 0 Å². The Morgan fingerprint density at radius 3 is 2.70 bits per heavy atom. The molecule has 120 valence electrons. The van der Waals surface area contributed by atoms with Gasteiger partial charge in [0.2, 0.25) is 0 Å². The van der Waals surface area contributed by atoms with Crippen LogP contribution in [0.5, 0.6) is 0 Å². The molecule has 5 nitrogen and oxygen atoms in total. The predicted molar refractivity (Wildman–Crippen MR) is 79.1 cm³/mol. The number of carbonyl (C=O) groups is 1. The molecule has 0 atom stereocenters. The summed E-state index contributed by atoms with van der Waals surface area (Å²) in [7, 11) is 0. The molecule has 1 fully saturated rings. The summed E-state index contributed by atoms with van der Waals surface area (Å²) in [5.74, 6) is 0.0497. The standard InChI is InChI=1S/C16H16F2N4O/c17-15(18)13-8-14(21-10-20-13)16(23)22-6-3-11(4-7-22)12-2-1-5-19-9-12/h1-2,5,8-11,15H,3-4,6-7H2. The van der Waals surface area contributed by atoms with E-state index in [9.17, 15) is 13.6 Å². The Labute approximate surface area is 132 Å². The third-order valence-corrected chi connectivity index (χ3v) is 4.07. The monoisotopic (exact) mass is 318 g/mol. The zero-order valence-corrected chi connectivity index (χ0v) is 12.4. The Bertz CT molecular complexity index is 673. The first-order chi connectivity index (χ1) is 11.1. The van der Waals surface area contributed by atoms with E-state index in [0.29, 0.717) is 19.0 Å². The van der Waals surface area contributed by atoms with E-state index in [-0.39, 0.29) is 11.6 Å². The normalized spacial score (nSPS) is 15.9. The summed E-state index contributed by atoms with van der Waals surface area (Å²) in [6, 6.07) is 5.01. The number of hydrogen-bond acceptors (Lipinski definition) is 4. The molecule has 0 unspecified atom stereocenters. The highest BCUT2D eigenvalue weighted by Crippen LogP contribution is 2.28. The van der Waals surface area contributed by atoms with E-state index in [2.05, 4.69) is 15.0 Å². The molecule has 0 aliphatic carbocycles. The van der Waals surface area contributed by atoms with Crippen molar-refractivity contribution in [2.75, 3.05) is 13.1 Å². The molecule has 2 aromatic rings. The van der Waals surface area contributed by atoms with Crippen LogP contribution in [0.15, 0.2) is 36.9 Å². The van der Waals surface area contributed by atoms with E-state index >= 15 is 0 Å². The average Bonchev–Trinajstić information content (AvgIpc) is 2.62. The van der Waals surface area contributed by atoms with Gasteiger partial charge >= 0.3 is 0 Å². The molecule has 1 amide bonds. The molecule has 2 aromatic heterocycles. The third-order valence-electron chi connectivity index (χ3n) is 4.07. The molecule has 0 bridgehead atoms. The van der Waals surface area contributed by atoms with Gasteiger partial charge in [-0.1, -0.05) is 6.07 Å². The lowest BCUT2D eigenvalue weighted by atomic mass is 9.90. The maximum atomic E-state index is 12.7. The number of amides is 1. The second kappa shape index (κ2) is 6.76. The predicted octanol–water partition coefficient (Wildman–Crippen LogP) is 2.83. The van der Waals surface area contributed by atoms with Gasteiger partial charge in [-0.3, -0.25) is 9.78 Å². The first-order valence-corrected chi connectivity index (χ1v) is 7.44. The first kappa shape index (κ1) is 15.5. The highest BCUT2D eigenvalue weighted by molar-refractivity contribution is 5.92. The molecule has 3 heterocycles. The van der Waals surface area contributed by atoms with Crippen molar-refractivity contribution in [3.8, 4) is 0 Å². The van der Waals surface area contributed by atoms with Gasteiger partial charge in [-0.15, -0.1) is 0 Å². The fourth-order valence-electron chi connectivity index (χ4n) is 2.80. The van der Waals surface area contributed by atoms with Crippen LogP contribution in [-0.2, 0) is 0 Å². The third kappa shape index (κ3) is 3.49. The van der Waals surface area contributed by atoms with Crippen LogP contribution in [-0.4, -0.2) is 38.8 Å². The number of halogens is 2. The molecule has 1 saturated heterocycles. The summed E-state index contributed by atoms with van der Waals surface area (Å²) >= 11 is 0. The van der Waals surface area contributed by atoms with E-state index in [1.807, 2.05) is 18.3 Å². The van der Waals surface area contributed by atoms with Crippen LogP contribution in [0, 0.1) is 0 Å². The zero-order valence-electron chi connectivity index (χ0n) is 12.4. The minimum absolute atomic E-state index is 0.0233. The molecule has 1 aliphatic heterocycles. The van der Waals surface area contributed by atoms with Gasteiger partial charge in [0.05, 0.1) is 0 Å². The summed E-state index contributed by atoms with van der Waals surface area (Å²) in [6.07, 6.45) is 3.53.